The van der Waals surface area contributed by atoms with Crippen molar-refractivity contribution in [1.82, 2.24) is 15.5 Å². The van der Waals surface area contributed by atoms with Crippen LogP contribution in [-0.4, -0.2) is 28.8 Å². The van der Waals surface area contributed by atoms with Crippen LogP contribution in [0.25, 0.3) is 11.4 Å². The molecule has 1 fully saturated rings. The largest absolute Gasteiger partial charge is 0.485 e. The van der Waals surface area contributed by atoms with Crippen molar-refractivity contribution in [3.63, 3.8) is 0 Å². The van der Waals surface area contributed by atoms with Gasteiger partial charge in [0.05, 0.1) is 0 Å². The van der Waals surface area contributed by atoms with Crippen molar-refractivity contribution >= 4 is 17.2 Å². The van der Waals surface area contributed by atoms with Gasteiger partial charge in [0, 0.05) is 10.9 Å². The van der Waals surface area contributed by atoms with Crippen LogP contribution in [-0.2, 0) is 10.3 Å². The Bertz CT molecular complexity index is 995. The van der Waals surface area contributed by atoms with Gasteiger partial charge in [-0.25, -0.2) is 0 Å². The monoisotopic (exact) mass is 411 g/mol. The molecule has 3 aromatic rings. The predicted molar refractivity (Wildman–Crippen MR) is 107 cm³/mol. The van der Waals surface area contributed by atoms with Gasteiger partial charge in [0.15, 0.2) is 11.5 Å². The molecule has 1 aliphatic heterocycles. The Morgan fingerprint density at radius 2 is 1.97 bits per heavy atom. The number of amides is 1. The lowest BCUT2D eigenvalue weighted by Crippen LogP contribution is -2.53. The van der Waals surface area contributed by atoms with Crippen molar-refractivity contribution in [2.45, 2.75) is 43.7 Å². The number of carbonyl (C=O) groups is 1. The van der Waals surface area contributed by atoms with Crippen molar-refractivity contribution in [2.24, 2.45) is 0 Å². The third-order valence-electron chi connectivity index (χ3n) is 5.49. The number of nitrogens with zero attached hydrogens (tertiary/aromatic N) is 2. The van der Waals surface area contributed by atoms with E-state index in [1.807, 2.05) is 35.0 Å². The number of hydrogen-bond acceptors (Lipinski definition) is 7. The molecule has 1 saturated carbocycles. The summed E-state index contributed by atoms with van der Waals surface area (Å²) in [5.74, 6) is 2.02. The normalized spacial score (nSPS) is 20.2. The first-order valence-corrected chi connectivity index (χ1v) is 10.8. The first kappa shape index (κ1) is 18.2. The summed E-state index contributed by atoms with van der Waals surface area (Å²) in [5, 5.41) is 11.3. The molecule has 0 saturated heterocycles. The van der Waals surface area contributed by atoms with Gasteiger partial charge >= 0.3 is 0 Å². The SMILES string of the molecule is O=C(NC1(c2nc(-c3ccsc3)no2)CCCCC1)C1COc2ccccc2O1. The summed E-state index contributed by atoms with van der Waals surface area (Å²) in [6.45, 7) is 0.170. The third kappa shape index (κ3) is 3.48. The molecule has 1 atom stereocenters. The summed E-state index contributed by atoms with van der Waals surface area (Å²) < 4.78 is 17.2. The summed E-state index contributed by atoms with van der Waals surface area (Å²) in [6.07, 6.45) is 3.90. The molecule has 0 bridgehead atoms. The lowest BCUT2D eigenvalue weighted by Gasteiger charge is -2.36. The van der Waals surface area contributed by atoms with Gasteiger partial charge in [-0.15, -0.1) is 0 Å². The van der Waals surface area contributed by atoms with E-state index in [-0.39, 0.29) is 12.5 Å². The Balaban J connectivity index is 1.38. The van der Waals surface area contributed by atoms with E-state index in [0.717, 1.165) is 37.7 Å². The smallest absolute Gasteiger partial charge is 0.265 e. The van der Waals surface area contributed by atoms with E-state index in [1.165, 1.54) is 0 Å². The van der Waals surface area contributed by atoms with E-state index >= 15 is 0 Å². The van der Waals surface area contributed by atoms with E-state index in [9.17, 15) is 4.79 Å². The molecule has 7 nitrogen and oxygen atoms in total. The van der Waals surface area contributed by atoms with Crippen LogP contribution in [0.4, 0.5) is 0 Å². The van der Waals surface area contributed by atoms with E-state index in [0.29, 0.717) is 23.2 Å². The molecule has 2 aromatic heterocycles. The minimum atomic E-state index is -0.719. The predicted octanol–water partition coefficient (Wildman–Crippen LogP) is 3.91. The van der Waals surface area contributed by atoms with Gasteiger partial charge in [-0.05, 0) is 36.4 Å². The number of thiophene rings is 1. The zero-order chi connectivity index (χ0) is 19.7. The highest BCUT2D eigenvalue weighted by atomic mass is 32.1. The molecule has 1 unspecified atom stereocenters. The second-order valence-electron chi connectivity index (χ2n) is 7.43. The molecule has 1 amide bonds. The van der Waals surface area contributed by atoms with Crippen LogP contribution in [0.5, 0.6) is 11.5 Å². The Kier molecular flexibility index (Phi) is 4.71. The summed E-state index contributed by atoms with van der Waals surface area (Å²) in [5.41, 5.74) is 0.250. The van der Waals surface area contributed by atoms with E-state index in [2.05, 4.69) is 15.5 Å². The van der Waals surface area contributed by atoms with Gasteiger partial charge in [0.25, 0.3) is 11.8 Å². The lowest BCUT2D eigenvalue weighted by molar-refractivity contribution is -0.133. The molecule has 3 heterocycles. The number of nitrogens with one attached hydrogen (secondary N) is 1. The van der Waals surface area contributed by atoms with Crippen LogP contribution >= 0.6 is 11.3 Å². The van der Waals surface area contributed by atoms with Gasteiger partial charge in [-0.2, -0.15) is 16.3 Å². The first-order chi connectivity index (χ1) is 14.2. The van der Waals surface area contributed by atoms with Gasteiger partial charge in [0.1, 0.15) is 12.1 Å². The van der Waals surface area contributed by atoms with Gasteiger partial charge in [-0.1, -0.05) is 36.6 Å². The Hall–Kier alpha value is -2.87. The zero-order valence-corrected chi connectivity index (χ0v) is 16.6. The molecule has 1 aromatic carbocycles. The van der Waals surface area contributed by atoms with Crippen LogP contribution in [0.1, 0.15) is 38.0 Å². The number of rotatable bonds is 4. The maximum atomic E-state index is 13.1. The summed E-state index contributed by atoms with van der Waals surface area (Å²) in [6, 6.07) is 9.32. The Morgan fingerprint density at radius 1 is 1.14 bits per heavy atom. The van der Waals surface area contributed by atoms with Crippen molar-refractivity contribution < 1.29 is 18.8 Å². The summed E-state index contributed by atoms with van der Waals surface area (Å²) >= 11 is 1.58. The molecular formula is C21H21N3O4S. The van der Waals surface area contributed by atoms with Crippen LogP contribution < -0.4 is 14.8 Å². The van der Waals surface area contributed by atoms with Crippen molar-refractivity contribution in [3.05, 3.63) is 47.0 Å². The molecule has 1 aliphatic carbocycles. The lowest BCUT2D eigenvalue weighted by atomic mass is 9.81. The van der Waals surface area contributed by atoms with Gasteiger partial charge in [0.2, 0.25) is 11.9 Å². The van der Waals surface area contributed by atoms with Crippen LogP contribution in [0.2, 0.25) is 0 Å². The molecule has 150 valence electrons. The molecule has 5 rings (SSSR count). The first-order valence-electron chi connectivity index (χ1n) is 9.81. The highest BCUT2D eigenvalue weighted by Crippen LogP contribution is 2.38. The average Bonchev–Trinajstić information content (AvgIpc) is 3.46. The van der Waals surface area contributed by atoms with Crippen molar-refractivity contribution in [1.29, 1.82) is 0 Å². The standard InChI is InChI=1S/C21H21N3O4S/c25-19(17-12-26-15-6-2-3-7-16(15)27-17)23-21(9-4-1-5-10-21)20-22-18(24-28-20)14-8-11-29-13-14/h2-3,6-8,11,13,17H,1,4-5,9-10,12H2,(H,23,25). The molecule has 0 radical (unpaired) electrons. The molecule has 8 heteroatoms. The molecular weight excluding hydrogens is 390 g/mol. The van der Waals surface area contributed by atoms with Crippen molar-refractivity contribution in [2.75, 3.05) is 6.61 Å². The van der Waals surface area contributed by atoms with E-state index in [1.54, 1.807) is 17.4 Å². The van der Waals surface area contributed by atoms with E-state index < -0.39 is 11.6 Å². The fraction of sp³-hybridized carbons (Fsp3) is 0.381. The van der Waals surface area contributed by atoms with Gasteiger partial charge in [-0.3, -0.25) is 4.79 Å². The molecule has 0 spiro atoms. The number of hydrogen-bond donors (Lipinski definition) is 1. The number of ether oxygens (including phenoxy) is 2. The van der Waals surface area contributed by atoms with Crippen molar-refractivity contribution in [3.8, 4) is 22.9 Å². The highest BCUT2D eigenvalue weighted by Gasteiger charge is 2.43. The van der Waals surface area contributed by atoms with E-state index in [4.69, 9.17) is 14.0 Å². The number of para-hydroxylation sites is 2. The summed E-state index contributed by atoms with van der Waals surface area (Å²) in [7, 11) is 0. The zero-order valence-electron chi connectivity index (χ0n) is 15.8. The quantitative estimate of drug-likeness (QED) is 0.700. The van der Waals surface area contributed by atoms with Gasteiger partial charge < -0.3 is 19.3 Å². The molecule has 29 heavy (non-hydrogen) atoms. The second kappa shape index (κ2) is 7.51. The number of carbonyl (C=O) groups excluding carboxylic acids is 1. The molecule has 2 aliphatic rings. The van der Waals surface area contributed by atoms with Crippen LogP contribution in [0, 0.1) is 0 Å². The van der Waals surface area contributed by atoms with Crippen LogP contribution in [0.3, 0.4) is 0 Å². The number of fused-ring (bicyclic) bond motifs is 1. The highest BCUT2D eigenvalue weighted by molar-refractivity contribution is 7.08. The average molecular weight is 411 g/mol. The maximum absolute atomic E-state index is 13.1. The Morgan fingerprint density at radius 3 is 2.76 bits per heavy atom. The second-order valence-corrected chi connectivity index (χ2v) is 8.21. The Labute approximate surface area is 172 Å². The minimum Gasteiger partial charge on any atom is -0.485 e. The number of aromatic nitrogens is 2. The third-order valence-corrected chi connectivity index (χ3v) is 6.17. The summed E-state index contributed by atoms with van der Waals surface area (Å²) in [4.78, 5) is 17.7. The number of benzene rings is 1. The van der Waals surface area contributed by atoms with Crippen LogP contribution in [0.15, 0.2) is 45.6 Å². The maximum Gasteiger partial charge on any atom is 0.265 e. The fourth-order valence-corrected chi connectivity index (χ4v) is 4.57. The minimum absolute atomic E-state index is 0.170. The molecule has 1 N–H and O–H groups in total. The fourth-order valence-electron chi connectivity index (χ4n) is 3.94. The topological polar surface area (TPSA) is 86.5 Å².